The van der Waals surface area contributed by atoms with Gasteiger partial charge in [0.2, 0.25) is 0 Å². The molecule has 1 aliphatic rings. The Labute approximate surface area is 182 Å². The smallest absolute Gasteiger partial charge is 0.252 e. The van der Waals surface area contributed by atoms with Crippen LogP contribution < -0.4 is 10.2 Å². The van der Waals surface area contributed by atoms with Gasteiger partial charge in [-0.15, -0.1) is 0 Å². The molecule has 2 aromatic carbocycles. The normalized spacial score (nSPS) is 15.1. The number of piperazine rings is 1. The number of para-hydroxylation sites is 1. The highest BCUT2D eigenvalue weighted by molar-refractivity contribution is 7.22. The number of aromatic nitrogens is 1. The molecule has 3 aromatic rings. The van der Waals surface area contributed by atoms with Gasteiger partial charge >= 0.3 is 0 Å². The maximum atomic E-state index is 13.9. The SMILES string of the molecule is O=C(NCCN1CCN(c2nc3c(F)cccc3s2)CC1)c1ccc(Cl)cc1Cl. The Morgan fingerprint density at radius 1 is 1.17 bits per heavy atom. The maximum Gasteiger partial charge on any atom is 0.252 e. The molecular weight excluding hydrogens is 434 g/mol. The molecular formula is C20H19Cl2FN4OS. The summed E-state index contributed by atoms with van der Waals surface area (Å²) in [7, 11) is 0. The number of rotatable bonds is 5. The topological polar surface area (TPSA) is 48.5 Å². The van der Waals surface area contributed by atoms with Crippen molar-refractivity contribution in [1.82, 2.24) is 15.2 Å². The average Bonchev–Trinajstić information content (AvgIpc) is 3.14. The quantitative estimate of drug-likeness (QED) is 0.626. The van der Waals surface area contributed by atoms with E-state index in [1.807, 2.05) is 6.07 Å². The number of hydrogen-bond donors (Lipinski definition) is 1. The van der Waals surface area contributed by atoms with Crippen LogP contribution in [0.25, 0.3) is 10.2 Å². The van der Waals surface area contributed by atoms with Gasteiger partial charge in [0.15, 0.2) is 5.13 Å². The zero-order valence-corrected chi connectivity index (χ0v) is 17.8. The number of anilines is 1. The summed E-state index contributed by atoms with van der Waals surface area (Å²) in [6.07, 6.45) is 0. The summed E-state index contributed by atoms with van der Waals surface area (Å²) in [5.41, 5.74) is 0.863. The molecule has 152 valence electrons. The minimum atomic E-state index is -0.278. The molecule has 1 fully saturated rings. The summed E-state index contributed by atoms with van der Waals surface area (Å²) in [5, 5.41) is 4.60. The predicted octanol–water partition coefficient (Wildman–Crippen LogP) is 4.29. The summed E-state index contributed by atoms with van der Waals surface area (Å²) in [4.78, 5) is 21.2. The lowest BCUT2D eigenvalue weighted by molar-refractivity contribution is 0.0948. The van der Waals surface area contributed by atoms with Crippen LogP contribution in [0, 0.1) is 5.82 Å². The highest BCUT2D eigenvalue weighted by atomic mass is 35.5. The number of carbonyl (C=O) groups excluding carboxylic acids is 1. The lowest BCUT2D eigenvalue weighted by Crippen LogP contribution is -2.48. The van der Waals surface area contributed by atoms with E-state index in [0.29, 0.717) is 27.7 Å². The third kappa shape index (κ3) is 4.64. The Kier molecular flexibility index (Phi) is 6.20. The third-order valence-corrected chi connectivity index (χ3v) is 6.52. The van der Waals surface area contributed by atoms with Gasteiger partial charge in [0, 0.05) is 44.3 Å². The van der Waals surface area contributed by atoms with E-state index in [0.717, 1.165) is 42.6 Å². The lowest BCUT2D eigenvalue weighted by Gasteiger charge is -2.34. The standard InChI is InChI=1S/C20H19Cl2FN4OS/c21-13-4-5-14(15(22)12-13)19(28)24-6-7-26-8-10-27(11-9-26)20-25-18-16(23)2-1-3-17(18)29-20/h1-5,12H,6-11H2,(H,24,28). The van der Waals surface area contributed by atoms with E-state index >= 15 is 0 Å². The molecule has 2 heterocycles. The third-order valence-electron chi connectivity index (χ3n) is 4.89. The molecule has 5 nitrogen and oxygen atoms in total. The monoisotopic (exact) mass is 452 g/mol. The Balaban J connectivity index is 1.26. The number of amides is 1. The van der Waals surface area contributed by atoms with Gasteiger partial charge in [0.25, 0.3) is 5.91 Å². The van der Waals surface area contributed by atoms with Crippen molar-refractivity contribution in [1.29, 1.82) is 0 Å². The first-order valence-corrected chi connectivity index (χ1v) is 10.8. The molecule has 1 aromatic heterocycles. The molecule has 0 aliphatic carbocycles. The van der Waals surface area contributed by atoms with Crippen LogP contribution in [0.3, 0.4) is 0 Å². The van der Waals surface area contributed by atoms with Gasteiger partial charge in [0.1, 0.15) is 11.3 Å². The minimum Gasteiger partial charge on any atom is -0.351 e. The zero-order valence-electron chi connectivity index (χ0n) is 15.5. The van der Waals surface area contributed by atoms with Crippen molar-refractivity contribution in [3.8, 4) is 0 Å². The fourth-order valence-electron chi connectivity index (χ4n) is 3.30. The van der Waals surface area contributed by atoms with Crippen LogP contribution in [0.5, 0.6) is 0 Å². The summed E-state index contributed by atoms with van der Waals surface area (Å²) in [5.74, 6) is -0.484. The molecule has 4 rings (SSSR count). The van der Waals surface area contributed by atoms with Gasteiger partial charge in [-0.1, -0.05) is 40.6 Å². The van der Waals surface area contributed by atoms with E-state index in [9.17, 15) is 9.18 Å². The van der Waals surface area contributed by atoms with Crippen LogP contribution in [0.15, 0.2) is 36.4 Å². The lowest BCUT2D eigenvalue weighted by atomic mass is 10.2. The molecule has 1 saturated heterocycles. The maximum absolute atomic E-state index is 13.9. The summed E-state index contributed by atoms with van der Waals surface area (Å²) in [6.45, 7) is 4.63. The number of fused-ring (bicyclic) bond motifs is 1. The fraction of sp³-hybridized carbons (Fsp3) is 0.300. The molecule has 0 radical (unpaired) electrons. The van der Waals surface area contributed by atoms with Gasteiger partial charge in [-0.05, 0) is 30.3 Å². The fourth-order valence-corrected chi connectivity index (χ4v) is 4.82. The second kappa shape index (κ2) is 8.83. The molecule has 0 bridgehead atoms. The highest BCUT2D eigenvalue weighted by Crippen LogP contribution is 2.30. The van der Waals surface area contributed by atoms with Gasteiger partial charge in [-0.2, -0.15) is 0 Å². The largest absolute Gasteiger partial charge is 0.351 e. The molecule has 0 saturated carbocycles. The number of nitrogens with zero attached hydrogens (tertiary/aromatic N) is 3. The van der Waals surface area contributed by atoms with Crippen LogP contribution in [-0.2, 0) is 0 Å². The van der Waals surface area contributed by atoms with E-state index in [1.165, 1.54) is 17.4 Å². The molecule has 1 aliphatic heterocycles. The second-order valence-electron chi connectivity index (χ2n) is 6.79. The van der Waals surface area contributed by atoms with E-state index in [1.54, 1.807) is 24.3 Å². The number of nitrogens with one attached hydrogen (secondary N) is 1. The van der Waals surface area contributed by atoms with E-state index in [4.69, 9.17) is 23.2 Å². The first-order chi connectivity index (χ1) is 14.0. The van der Waals surface area contributed by atoms with Crippen molar-refractivity contribution in [2.24, 2.45) is 0 Å². The number of thiazole rings is 1. The molecule has 0 atom stereocenters. The summed E-state index contributed by atoms with van der Waals surface area (Å²) in [6, 6.07) is 9.88. The Hall–Kier alpha value is -1.93. The number of halogens is 3. The highest BCUT2D eigenvalue weighted by Gasteiger charge is 2.20. The molecule has 0 unspecified atom stereocenters. The Morgan fingerprint density at radius 3 is 2.69 bits per heavy atom. The van der Waals surface area contributed by atoms with Gasteiger partial charge in [-0.3, -0.25) is 9.69 Å². The first-order valence-electron chi connectivity index (χ1n) is 9.27. The van der Waals surface area contributed by atoms with Gasteiger partial charge < -0.3 is 10.2 Å². The van der Waals surface area contributed by atoms with Crippen molar-refractivity contribution < 1.29 is 9.18 Å². The first kappa shape index (κ1) is 20.3. The second-order valence-corrected chi connectivity index (χ2v) is 8.64. The number of carbonyl (C=O) groups is 1. The molecule has 1 amide bonds. The zero-order chi connectivity index (χ0) is 20.4. The summed E-state index contributed by atoms with van der Waals surface area (Å²) >= 11 is 13.5. The Bertz CT molecular complexity index is 1040. The van der Waals surface area contributed by atoms with Crippen molar-refractivity contribution >= 4 is 55.8 Å². The van der Waals surface area contributed by atoms with Crippen LogP contribution in [-0.4, -0.2) is 55.1 Å². The molecule has 0 spiro atoms. The van der Waals surface area contributed by atoms with Gasteiger partial charge in [-0.25, -0.2) is 9.37 Å². The van der Waals surface area contributed by atoms with Gasteiger partial charge in [0.05, 0.1) is 15.3 Å². The Morgan fingerprint density at radius 2 is 1.97 bits per heavy atom. The number of benzene rings is 2. The van der Waals surface area contributed by atoms with E-state index in [2.05, 4.69) is 20.1 Å². The minimum absolute atomic E-state index is 0.207. The van der Waals surface area contributed by atoms with Crippen LogP contribution in [0.2, 0.25) is 10.0 Å². The molecule has 9 heteroatoms. The average molecular weight is 453 g/mol. The van der Waals surface area contributed by atoms with Crippen LogP contribution in [0.4, 0.5) is 9.52 Å². The van der Waals surface area contributed by atoms with Crippen molar-refractivity contribution in [2.75, 3.05) is 44.2 Å². The number of hydrogen-bond acceptors (Lipinski definition) is 5. The van der Waals surface area contributed by atoms with Crippen molar-refractivity contribution in [3.05, 3.63) is 57.8 Å². The van der Waals surface area contributed by atoms with Crippen LogP contribution in [0.1, 0.15) is 10.4 Å². The predicted molar refractivity (Wildman–Crippen MR) is 117 cm³/mol. The van der Waals surface area contributed by atoms with E-state index in [-0.39, 0.29) is 11.7 Å². The van der Waals surface area contributed by atoms with Crippen molar-refractivity contribution in [2.45, 2.75) is 0 Å². The molecule has 1 N–H and O–H groups in total. The van der Waals surface area contributed by atoms with E-state index < -0.39 is 0 Å². The molecule has 29 heavy (non-hydrogen) atoms. The summed E-state index contributed by atoms with van der Waals surface area (Å²) < 4.78 is 14.7. The van der Waals surface area contributed by atoms with Crippen LogP contribution >= 0.6 is 34.5 Å². The van der Waals surface area contributed by atoms with Crippen molar-refractivity contribution in [3.63, 3.8) is 0 Å².